The van der Waals surface area contributed by atoms with Gasteiger partial charge in [-0.05, 0) is 18.1 Å². The highest BCUT2D eigenvalue weighted by Gasteiger charge is 2.09. The van der Waals surface area contributed by atoms with Crippen LogP contribution < -0.4 is 5.43 Å². The van der Waals surface area contributed by atoms with Gasteiger partial charge in [0.1, 0.15) is 11.3 Å². The van der Waals surface area contributed by atoms with Crippen molar-refractivity contribution in [3.05, 3.63) is 70.4 Å². The number of fused-ring (bicyclic) bond motifs is 1. The number of hydrogen-bond acceptors (Lipinski definition) is 2. The van der Waals surface area contributed by atoms with E-state index in [9.17, 15) is 4.79 Å². The summed E-state index contributed by atoms with van der Waals surface area (Å²) in [6.45, 7) is 2.06. The molecule has 94 valence electrons. The summed E-state index contributed by atoms with van der Waals surface area (Å²) in [6, 6.07) is 17.0. The molecule has 0 aliphatic heterocycles. The van der Waals surface area contributed by atoms with Gasteiger partial charge >= 0.3 is 0 Å². The van der Waals surface area contributed by atoms with Crippen LogP contribution in [0.1, 0.15) is 12.5 Å². The second kappa shape index (κ2) is 4.73. The highest BCUT2D eigenvalue weighted by molar-refractivity contribution is 5.81. The molecule has 2 aromatic carbocycles. The molecule has 0 fully saturated rings. The number of hydrogen-bond donors (Lipinski definition) is 0. The van der Waals surface area contributed by atoms with E-state index in [0.717, 1.165) is 17.5 Å². The Hall–Kier alpha value is -2.35. The van der Waals surface area contributed by atoms with Gasteiger partial charge in [0.15, 0.2) is 5.43 Å². The number of aryl methyl sites for hydroxylation is 1. The van der Waals surface area contributed by atoms with Crippen LogP contribution in [-0.2, 0) is 6.42 Å². The molecular formula is C17H14O2. The van der Waals surface area contributed by atoms with Crippen LogP contribution in [0.3, 0.4) is 0 Å². The molecule has 0 radical (unpaired) electrons. The maximum atomic E-state index is 12.2. The molecule has 3 rings (SSSR count). The Morgan fingerprint density at radius 3 is 2.53 bits per heavy atom. The molecule has 1 aromatic heterocycles. The smallest absolute Gasteiger partial charge is 0.193 e. The molecule has 19 heavy (non-hydrogen) atoms. The molecule has 0 amide bonds. The minimum absolute atomic E-state index is 0.00963. The Morgan fingerprint density at radius 1 is 1.00 bits per heavy atom. The predicted octanol–water partition coefficient (Wildman–Crippen LogP) is 4.02. The number of benzene rings is 2. The molecular weight excluding hydrogens is 236 g/mol. The standard InChI is InChI=1S/C17H14O2/c1-2-12-9-6-10-14-15(18)11-16(19-17(12)14)13-7-4-3-5-8-13/h3-11H,2H2,1H3. The summed E-state index contributed by atoms with van der Waals surface area (Å²) in [7, 11) is 0. The van der Waals surface area contributed by atoms with Gasteiger partial charge in [-0.1, -0.05) is 49.4 Å². The third-order valence-corrected chi connectivity index (χ3v) is 3.28. The highest BCUT2D eigenvalue weighted by Crippen LogP contribution is 2.24. The predicted molar refractivity (Wildman–Crippen MR) is 77.3 cm³/mol. The minimum Gasteiger partial charge on any atom is -0.456 e. The normalized spacial score (nSPS) is 10.8. The number of para-hydroxylation sites is 1. The van der Waals surface area contributed by atoms with Crippen molar-refractivity contribution in [2.24, 2.45) is 0 Å². The molecule has 0 N–H and O–H groups in total. The van der Waals surface area contributed by atoms with Crippen molar-refractivity contribution in [1.29, 1.82) is 0 Å². The summed E-state index contributed by atoms with van der Waals surface area (Å²) in [5.74, 6) is 0.624. The van der Waals surface area contributed by atoms with Gasteiger partial charge in [0, 0.05) is 11.6 Å². The maximum Gasteiger partial charge on any atom is 0.193 e. The Balaban J connectivity index is 2.33. The molecule has 0 spiro atoms. The average Bonchev–Trinajstić information content (AvgIpc) is 2.47. The van der Waals surface area contributed by atoms with Crippen LogP contribution in [0.5, 0.6) is 0 Å². The third-order valence-electron chi connectivity index (χ3n) is 3.28. The second-order valence-corrected chi connectivity index (χ2v) is 4.49. The molecule has 0 saturated heterocycles. The summed E-state index contributed by atoms with van der Waals surface area (Å²) < 4.78 is 5.95. The molecule has 0 unspecified atom stereocenters. The zero-order valence-corrected chi connectivity index (χ0v) is 10.7. The lowest BCUT2D eigenvalue weighted by atomic mass is 10.1. The summed E-state index contributed by atoms with van der Waals surface area (Å²) in [4.78, 5) is 12.2. The van der Waals surface area contributed by atoms with Crippen molar-refractivity contribution < 1.29 is 4.42 Å². The van der Waals surface area contributed by atoms with Gasteiger partial charge in [-0.3, -0.25) is 4.79 Å². The van der Waals surface area contributed by atoms with Crippen LogP contribution in [0.25, 0.3) is 22.3 Å². The fourth-order valence-electron chi connectivity index (χ4n) is 2.26. The fourth-order valence-corrected chi connectivity index (χ4v) is 2.26. The lowest BCUT2D eigenvalue weighted by Crippen LogP contribution is -2.01. The van der Waals surface area contributed by atoms with Crippen molar-refractivity contribution >= 4 is 11.0 Å². The van der Waals surface area contributed by atoms with E-state index in [1.54, 1.807) is 6.07 Å². The van der Waals surface area contributed by atoms with Crippen LogP contribution in [0, 0.1) is 0 Å². The number of rotatable bonds is 2. The first-order valence-corrected chi connectivity index (χ1v) is 6.41. The maximum absolute atomic E-state index is 12.2. The molecule has 0 bridgehead atoms. The molecule has 3 aromatic rings. The van der Waals surface area contributed by atoms with Crippen LogP contribution in [0.4, 0.5) is 0 Å². The summed E-state index contributed by atoms with van der Waals surface area (Å²) in [5.41, 5.74) is 2.70. The van der Waals surface area contributed by atoms with E-state index in [1.807, 2.05) is 48.5 Å². The molecule has 0 atom stereocenters. The van der Waals surface area contributed by atoms with Crippen LogP contribution >= 0.6 is 0 Å². The topological polar surface area (TPSA) is 30.2 Å². The first-order valence-electron chi connectivity index (χ1n) is 6.41. The Labute approximate surface area is 111 Å². The molecule has 0 aliphatic rings. The van der Waals surface area contributed by atoms with Crippen molar-refractivity contribution in [3.8, 4) is 11.3 Å². The lowest BCUT2D eigenvalue weighted by Gasteiger charge is -2.06. The monoisotopic (exact) mass is 250 g/mol. The largest absolute Gasteiger partial charge is 0.456 e. The zero-order valence-electron chi connectivity index (χ0n) is 10.7. The summed E-state index contributed by atoms with van der Waals surface area (Å²) in [5, 5.41) is 0.652. The quantitative estimate of drug-likeness (QED) is 0.687. The van der Waals surface area contributed by atoms with Crippen molar-refractivity contribution in [1.82, 2.24) is 0 Å². The van der Waals surface area contributed by atoms with Crippen molar-refractivity contribution in [3.63, 3.8) is 0 Å². The molecule has 2 heteroatoms. The van der Waals surface area contributed by atoms with Gasteiger partial charge < -0.3 is 4.42 Å². The van der Waals surface area contributed by atoms with Crippen LogP contribution in [0.2, 0.25) is 0 Å². The van der Waals surface area contributed by atoms with E-state index in [2.05, 4.69) is 6.92 Å². The molecule has 1 heterocycles. The van der Waals surface area contributed by atoms with Gasteiger partial charge in [0.2, 0.25) is 0 Å². The fraction of sp³-hybridized carbons (Fsp3) is 0.118. The van der Waals surface area contributed by atoms with Crippen LogP contribution in [-0.4, -0.2) is 0 Å². The molecule has 0 saturated carbocycles. The Bertz CT molecular complexity index is 770. The molecule has 0 aliphatic carbocycles. The zero-order chi connectivity index (χ0) is 13.2. The first kappa shape index (κ1) is 11.7. The Kier molecular flexibility index (Phi) is 2.92. The van der Waals surface area contributed by atoms with Gasteiger partial charge in [0.05, 0.1) is 5.39 Å². The summed E-state index contributed by atoms with van der Waals surface area (Å²) in [6.07, 6.45) is 0.846. The van der Waals surface area contributed by atoms with E-state index >= 15 is 0 Å². The van der Waals surface area contributed by atoms with Gasteiger partial charge in [-0.25, -0.2) is 0 Å². The van der Waals surface area contributed by atoms with E-state index in [4.69, 9.17) is 4.42 Å². The average molecular weight is 250 g/mol. The van der Waals surface area contributed by atoms with E-state index in [0.29, 0.717) is 16.7 Å². The Morgan fingerprint density at radius 2 is 1.79 bits per heavy atom. The van der Waals surface area contributed by atoms with Gasteiger partial charge in [-0.15, -0.1) is 0 Å². The first-order chi connectivity index (χ1) is 9.29. The minimum atomic E-state index is 0.00963. The summed E-state index contributed by atoms with van der Waals surface area (Å²) >= 11 is 0. The van der Waals surface area contributed by atoms with Crippen LogP contribution in [0.15, 0.2) is 63.8 Å². The third kappa shape index (κ3) is 2.06. The SMILES string of the molecule is CCc1cccc2c(=O)cc(-c3ccccc3)oc12. The van der Waals surface area contributed by atoms with E-state index in [1.165, 1.54) is 0 Å². The molecule has 2 nitrogen and oxygen atoms in total. The second-order valence-electron chi connectivity index (χ2n) is 4.49. The van der Waals surface area contributed by atoms with Gasteiger partial charge in [0.25, 0.3) is 0 Å². The van der Waals surface area contributed by atoms with E-state index < -0.39 is 0 Å². The van der Waals surface area contributed by atoms with Crippen molar-refractivity contribution in [2.45, 2.75) is 13.3 Å². The van der Waals surface area contributed by atoms with Crippen molar-refractivity contribution in [2.75, 3.05) is 0 Å². The highest BCUT2D eigenvalue weighted by atomic mass is 16.3. The van der Waals surface area contributed by atoms with Gasteiger partial charge in [-0.2, -0.15) is 0 Å². The lowest BCUT2D eigenvalue weighted by molar-refractivity contribution is 0.614. The van der Waals surface area contributed by atoms with E-state index in [-0.39, 0.29) is 5.43 Å².